The number of hydrogen-bond donors (Lipinski definition) is 0. The summed E-state index contributed by atoms with van der Waals surface area (Å²) in [6.07, 6.45) is 4.68. The van der Waals surface area contributed by atoms with Crippen molar-refractivity contribution < 1.29 is 4.74 Å². The molecule has 1 heteroatoms. The fourth-order valence-corrected chi connectivity index (χ4v) is 2.22. The number of allylic oxidation sites excluding steroid dienone is 3. The molecule has 0 bridgehead atoms. The van der Waals surface area contributed by atoms with E-state index in [9.17, 15) is 0 Å². The summed E-state index contributed by atoms with van der Waals surface area (Å²) in [4.78, 5) is 0. The fraction of sp³-hybridized carbons (Fsp3) is 0.200. The standard InChI is InChI=1S/C15H16O/c1-4-11-12(5-2)14(6-3)16-15-10-8-7-9-13(11)15/h5-11H,2-4H2,1H3. The van der Waals surface area contributed by atoms with Gasteiger partial charge in [0.1, 0.15) is 11.5 Å². The molecule has 0 aliphatic carbocycles. The molecule has 16 heavy (non-hydrogen) atoms. The SMILES string of the molecule is C=CC1=C(C=C)C(CC)c2ccccc2O1. The average molecular weight is 212 g/mol. The van der Waals surface area contributed by atoms with Crippen LogP contribution in [0.3, 0.4) is 0 Å². The first-order chi connectivity index (χ1) is 7.81. The number of hydrogen-bond acceptors (Lipinski definition) is 1. The molecule has 0 amide bonds. The molecular formula is C15H16O. The van der Waals surface area contributed by atoms with Crippen molar-refractivity contribution >= 4 is 0 Å². The topological polar surface area (TPSA) is 9.23 Å². The van der Waals surface area contributed by atoms with Gasteiger partial charge in [0.15, 0.2) is 0 Å². The van der Waals surface area contributed by atoms with Crippen LogP contribution in [0.2, 0.25) is 0 Å². The zero-order chi connectivity index (χ0) is 11.5. The number of ether oxygens (including phenoxy) is 1. The van der Waals surface area contributed by atoms with Gasteiger partial charge < -0.3 is 4.74 Å². The van der Waals surface area contributed by atoms with Gasteiger partial charge >= 0.3 is 0 Å². The lowest BCUT2D eigenvalue weighted by Gasteiger charge is -2.27. The Balaban J connectivity index is 2.57. The number of fused-ring (bicyclic) bond motifs is 1. The molecule has 1 aliphatic heterocycles. The maximum atomic E-state index is 5.81. The normalized spacial score (nSPS) is 18.7. The summed E-state index contributed by atoms with van der Waals surface area (Å²) in [6, 6.07) is 8.16. The molecule has 0 saturated carbocycles. The van der Waals surface area contributed by atoms with E-state index < -0.39 is 0 Å². The Kier molecular flexibility index (Phi) is 2.95. The molecule has 0 saturated heterocycles. The van der Waals surface area contributed by atoms with Crippen LogP contribution in [0.25, 0.3) is 0 Å². The highest BCUT2D eigenvalue weighted by Crippen LogP contribution is 2.41. The van der Waals surface area contributed by atoms with Gasteiger partial charge in [-0.25, -0.2) is 0 Å². The molecule has 1 atom stereocenters. The van der Waals surface area contributed by atoms with Crippen LogP contribution in [-0.2, 0) is 0 Å². The Morgan fingerprint density at radius 1 is 1.25 bits per heavy atom. The Morgan fingerprint density at radius 3 is 2.62 bits per heavy atom. The maximum Gasteiger partial charge on any atom is 0.131 e. The lowest BCUT2D eigenvalue weighted by Crippen LogP contribution is -2.13. The molecule has 1 nitrogen and oxygen atoms in total. The van der Waals surface area contributed by atoms with Gasteiger partial charge in [0, 0.05) is 17.1 Å². The predicted molar refractivity (Wildman–Crippen MR) is 67.5 cm³/mol. The van der Waals surface area contributed by atoms with Gasteiger partial charge in [-0.1, -0.05) is 44.4 Å². The van der Waals surface area contributed by atoms with E-state index in [2.05, 4.69) is 26.1 Å². The van der Waals surface area contributed by atoms with Crippen LogP contribution in [0, 0.1) is 0 Å². The third-order valence-electron chi connectivity index (χ3n) is 2.99. The number of benzene rings is 1. The molecule has 1 heterocycles. The van der Waals surface area contributed by atoms with E-state index in [1.54, 1.807) is 6.08 Å². The molecule has 0 N–H and O–H groups in total. The Hall–Kier alpha value is -1.76. The van der Waals surface area contributed by atoms with Crippen molar-refractivity contribution in [2.75, 3.05) is 0 Å². The zero-order valence-corrected chi connectivity index (χ0v) is 9.57. The molecule has 0 spiro atoms. The first-order valence-electron chi connectivity index (χ1n) is 5.57. The minimum Gasteiger partial charge on any atom is -0.457 e. The van der Waals surface area contributed by atoms with E-state index >= 15 is 0 Å². The largest absolute Gasteiger partial charge is 0.457 e. The first-order valence-corrected chi connectivity index (χ1v) is 5.57. The highest BCUT2D eigenvalue weighted by molar-refractivity contribution is 5.50. The third kappa shape index (κ3) is 1.58. The van der Waals surface area contributed by atoms with Gasteiger partial charge in [0.05, 0.1) is 0 Å². The van der Waals surface area contributed by atoms with E-state index in [0.29, 0.717) is 5.92 Å². The Morgan fingerprint density at radius 2 is 2.00 bits per heavy atom. The monoisotopic (exact) mass is 212 g/mol. The number of rotatable bonds is 3. The second-order valence-corrected chi connectivity index (χ2v) is 3.83. The molecule has 82 valence electrons. The van der Waals surface area contributed by atoms with Crippen molar-refractivity contribution in [3.8, 4) is 5.75 Å². The molecule has 1 aromatic carbocycles. The lowest BCUT2D eigenvalue weighted by atomic mass is 9.85. The quantitative estimate of drug-likeness (QED) is 0.729. The van der Waals surface area contributed by atoms with Crippen molar-refractivity contribution in [3.05, 3.63) is 66.5 Å². The van der Waals surface area contributed by atoms with Crippen molar-refractivity contribution in [1.82, 2.24) is 0 Å². The summed E-state index contributed by atoms with van der Waals surface area (Å²) in [5.41, 5.74) is 2.38. The van der Waals surface area contributed by atoms with Crippen LogP contribution in [-0.4, -0.2) is 0 Å². The van der Waals surface area contributed by atoms with Gasteiger partial charge in [-0.3, -0.25) is 0 Å². The van der Waals surface area contributed by atoms with Crippen molar-refractivity contribution in [2.45, 2.75) is 19.3 Å². The summed E-state index contributed by atoms with van der Waals surface area (Å²) in [5.74, 6) is 2.14. The highest BCUT2D eigenvalue weighted by atomic mass is 16.5. The average Bonchev–Trinajstić information content (AvgIpc) is 2.36. The van der Waals surface area contributed by atoms with E-state index in [4.69, 9.17) is 4.74 Å². The van der Waals surface area contributed by atoms with Gasteiger partial charge in [-0.15, -0.1) is 0 Å². The minimum absolute atomic E-state index is 0.371. The van der Waals surface area contributed by atoms with E-state index in [-0.39, 0.29) is 0 Å². The summed E-state index contributed by atoms with van der Waals surface area (Å²) in [6.45, 7) is 9.84. The van der Waals surface area contributed by atoms with Crippen LogP contribution in [0.4, 0.5) is 0 Å². The van der Waals surface area contributed by atoms with Crippen LogP contribution >= 0.6 is 0 Å². The minimum atomic E-state index is 0.371. The predicted octanol–water partition coefficient (Wildman–Crippen LogP) is 4.20. The van der Waals surface area contributed by atoms with Crippen LogP contribution in [0.1, 0.15) is 24.8 Å². The van der Waals surface area contributed by atoms with E-state index in [1.807, 2.05) is 24.3 Å². The molecule has 0 fully saturated rings. The second kappa shape index (κ2) is 4.40. The first kappa shape index (κ1) is 10.7. The molecule has 1 unspecified atom stereocenters. The Labute approximate surface area is 96.8 Å². The second-order valence-electron chi connectivity index (χ2n) is 3.83. The van der Waals surface area contributed by atoms with Crippen molar-refractivity contribution in [2.24, 2.45) is 0 Å². The molecule has 2 rings (SSSR count). The number of para-hydroxylation sites is 1. The van der Waals surface area contributed by atoms with Gasteiger partial charge in [-0.2, -0.15) is 0 Å². The fourth-order valence-electron chi connectivity index (χ4n) is 2.22. The van der Waals surface area contributed by atoms with Crippen LogP contribution in [0.5, 0.6) is 5.75 Å². The molecular weight excluding hydrogens is 196 g/mol. The highest BCUT2D eigenvalue weighted by Gasteiger charge is 2.24. The lowest BCUT2D eigenvalue weighted by molar-refractivity contribution is 0.409. The summed E-state index contributed by atoms with van der Waals surface area (Å²) in [7, 11) is 0. The van der Waals surface area contributed by atoms with Crippen LogP contribution in [0.15, 0.2) is 60.9 Å². The summed E-state index contributed by atoms with van der Waals surface area (Å²) in [5, 5.41) is 0. The third-order valence-corrected chi connectivity index (χ3v) is 2.99. The molecule has 1 aliphatic rings. The van der Waals surface area contributed by atoms with Crippen molar-refractivity contribution in [1.29, 1.82) is 0 Å². The smallest absolute Gasteiger partial charge is 0.131 e. The van der Waals surface area contributed by atoms with Gasteiger partial charge in [0.25, 0.3) is 0 Å². The van der Waals surface area contributed by atoms with E-state index in [0.717, 1.165) is 23.5 Å². The summed E-state index contributed by atoms with van der Waals surface area (Å²) < 4.78 is 5.81. The van der Waals surface area contributed by atoms with Gasteiger partial charge in [-0.05, 0) is 18.6 Å². The maximum absolute atomic E-state index is 5.81. The van der Waals surface area contributed by atoms with E-state index in [1.165, 1.54) is 5.56 Å². The molecule has 0 radical (unpaired) electrons. The van der Waals surface area contributed by atoms with Crippen molar-refractivity contribution in [3.63, 3.8) is 0 Å². The molecule has 0 aromatic heterocycles. The van der Waals surface area contributed by atoms with Crippen LogP contribution < -0.4 is 4.74 Å². The zero-order valence-electron chi connectivity index (χ0n) is 9.57. The molecule has 1 aromatic rings. The Bertz CT molecular complexity index is 454. The van der Waals surface area contributed by atoms with Gasteiger partial charge in [0.2, 0.25) is 0 Å². The summed E-state index contributed by atoms with van der Waals surface area (Å²) >= 11 is 0.